The molecule has 2 heterocycles. The smallest absolute Gasteiger partial charge is 0.244 e. The maximum Gasteiger partial charge on any atom is 0.244 e. The number of rotatable bonds is 5. The maximum atomic E-state index is 12.2. The summed E-state index contributed by atoms with van der Waals surface area (Å²) < 4.78 is 5.69. The summed E-state index contributed by atoms with van der Waals surface area (Å²) >= 11 is 0. The van der Waals surface area contributed by atoms with E-state index in [0.717, 1.165) is 30.7 Å². The molecule has 4 heteroatoms. The zero-order chi connectivity index (χ0) is 17.9. The van der Waals surface area contributed by atoms with Gasteiger partial charge in [-0.1, -0.05) is 42.5 Å². The van der Waals surface area contributed by atoms with E-state index in [1.165, 1.54) is 5.69 Å². The van der Waals surface area contributed by atoms with Crippen LogP contribution >= 0.6 is 0 Å². The van der Waals surface area contributed by atoms with Gasteiger partial charge < -0.3 is 15.0 Å². The largest absolute Gasteiger partial charge is 0.374 e. The Morgan fingerprint density at radius 3 is 2.81 bits per heavy atom. The van der Waals surface area contributed by atoms with Gasteiger partial charge in [0, 0.05) is 18.3 Å². The minimum Gasteiger partial charge on any atom is -0.374 e. The van der Waals surface area contributed by atoms with Crippen molar-refractivity contribution < 1.29 is 9.53 Å². The number of benzene rings is 2. The van der Waals surface area contributed by atoms with Crippen LogP contribution in [0.2, 0.25) is 0 Å². The molecule has 26 heavy (non-hydrogen) atoms. The third-order valence-corrected chi connectivity index (χ3v) is 5.19. The van der Waals surface area contributed by atoms with Crippen LogP contribution in [0.3, 0.4) is 0 Å². The number of nitrogens with one attached hydrogen (secondary N) is 1. The number of anilines is 1. The average Bonchev–Trinajstić information content (AvgIpc) is 3.31. The average molecular weight is 348 g/mol. The van der Waals surface area contributed by atoms with Crippen LogP contribution in [-0.4, -0.2) is 31.2 Å². The summed E-state index contributed by atoms with van der Waals surface area (Å²) in [7, 11) is 0. The molecule has 0 aliphatic carbocycles. The second-order valence-electron chi connectivity index (χ2n) is 7.07. The number of morpholine rings is 1. The van der Waals surface area contributed by atoms with Gasteiger partial charge in [-0.3, -0.25) is 4.79 Å². The molecule has 2 aliphatic rings. The van der Waals surface area contributed by atoms with Gasteiger partial charge in [-0.25, -0.2) is 0 Å². The molecule has 0 spiro atoms. The first-order valence-electron chi connectivity index (χ1n) is 9.21. The third-order valence-electron chi connectivity index (χ3n) is 5.19. The van der Waals surface area contributed by atoms with E-state index >= 15 is 0 Å². The van der Waals surface area contributed by atoms with E-state index in [1.54, 1.807) is 6.08 Å². The van der Waals surface area contributed by atoms with E-state index in [2.05, 4.69) is 34.5 Å². The maximum absolute atomic E-state index is 12.2. The lowest BCUT2D eigenvalue weighted by Gasteiger charge is -2.29. The van der Waals surface area contributed by atoms with Gasteiger partial charge >= 0.3 is 0 Å². The summed E-state index contributed by atoms with van der Waals surface area (Å²) in [5, 5.41) is 3.05. The molecule has 0 aromatic heterocycles. The quantitative estimate of drug-likeness (QED) is 0.840. The second kappa shape index (κ2) is 7.34. The van der Waals surface area contributed by atoms with E-state index in [-0.39, 0.29) is 11.9 Å². The van der Waals surface area contributed by atoms with Gasteiger partial charge in [-0.05, 0) is 42.7 Å². The number of nitrogens with zero attached hydrogens (tertiary/aromatic N) is 1. The lowest BCUT2D eigenvalue weighted by Crippen LogP contribution is -2.37. The summed E-state index contributed by atoms with van der Waals surface area (Å²) in [5.74, 6) is -0.0830. The van der Waals surface area contributed by atoms with Crippen molar-refractivity contribution in [1.82, 2.24) is 5.32 Å². The summed E-state index contributed by atoms with van der Waals surface area (Å²) in [6.07, 6.45) is 4.93. The van der Waals surface area contributed by atoms with Crippen molar-refractivity contribution in [3.63, 3.8) is 0 Å². The predicted octanol–water partition coefficient (Wildman–Crippen LogP) is 3.55. The Hall–Kier alpha value is -2.59. The highest BCUT2D eigenvalue weighted by Crippen LogP contribution is 2.33. The van der Waals surface area contributed by atoms with Crippen LogP contribution in [0.5, 0.6) is 0 Å². The molecule has 0 saturated carbocycles. The normalized spacial score (nSPS) is 22.7. The summed E-state index contributed by atoms with van der Waals surface area (Å²) in [5.41, 5.74) is 3.36. The van der Waals surface area contributed by atoms with Crippen molar-refractivity contribution in [2.75, 3.05) is 18.1 Å². The molecule has 3 atom stereocenters. The number of hydrogen-bond donors (Lipinski definition) is 1. The Morgan fingerprint density at radius 1 is 1.23 bits per heavy atom. The van der Waals surface area contributed by atoms with Crippen molar-refractivity contribution in [2.24, 2.45) is 0 Å². The van der Waals surface area contributed by atoms with Crippen molar-refractivity contribution in [3.05, 3.63) is 71.8 Å². The molecule has 1 N–H and O–H groups in total. The Labute approximate surface area is 154 Å². The van der Waals surface area contributed by atoms with E-state index < -0.39 is 0 Å². The van der Waals surface area contributed by atoms with Gasteiger partial charge in [0.05, 0.1) is 24.8 Å². The Kier molecular flexibility index (Phi) is 4.76. The van der Waals surface area contributed by atoms with Crippen LogP contribution < -0.4 is 10.2 Å². The molecule has 2 saturated heterocycles. The highest BCUT2D eigenvalue weighted by molar-refractivity contribution is 5.92. The molecule has 2 bridgehead atoms. The van der Waals surface area contributed by atoms with Gasteiger partial charge in [0.1, 0.15) is 0 Å². The van der Waals surface area contributed by atoms with Crippen LogP contribution in [0, 0.1) is 0 Å². The fourth-order valence-corrected chi connectivity index (χ4v) is 3.77. The number of carbonyl (C=O) groups excluding carboxylic acids is 1. The molecule has 2 aliphatic heterocycles. The molecule has 4 nitrogen and oxygen atoms in total. The zero-order valence-electron chi connectivity index (χ0n) is 15.0. The number of ether oxygens (including phenoxy) is 1. The van der Waals surface area contributed by atoms with Crippen molar-refractivity contribution in [2.45, 2.75) is 31.5 Å². The highest BCUT2D eigenvalue weighted by Gasteiger charge is 2.39. The van der Waals surface area contributed by atoms with Crippen molar-refractivity contribution in [1.29, 1.82) is 0 Å². The first kappa shape index (κ1) is 16.9. The summed E-state index contributed by atoms with van der Waals surface area (Å²) in [6, 6.07) is 18.8. The molecule has 1 amide bonds. The molecule has 2 aromatic rings. The molecule has 134 valence electrons. The first-order chi connectivity index (χ1) is 12.7. The molecule has 2 aromatic carbocycles. The minimum atomic E-state index is -0.0830. The number of amides is 1. The number of fused-ring (bicyclic) bond motifs is 2. The third kappa shape index (κ3) is 3.65. The molecular weight excluding hydrogens is 324 g/mol. The van der Waals surface area contributed by atoms with E-state index in [9.17, 15) is 4.79 Å². The fourth-order valence-electron chi connectivity index (χ4n) is 3.77. The molecule has 0 radical (unpaired) electrons. The summed E-state index contributed by atoms with van der Waals surface area (Å²) in [4.78, 5) is 14.7. The lowest BCUT2D eigenvalue weighted by atomic mass is 10.1. The number of carbonyl (C=O) groups is 1. The zero-order valence-corrected chi connectivity index (χ0v) is 15.0. The standard InChI is InChI=1S/C22H24N2O2/c1-16(23-22(25)11-10-17-6-3-2-4-7-17)18-8-5-9-19(12-18)24-14-21-13-20(24)15-26-21/h2-12,16,20-21H,13-15H2,1H3,(H,23,25)/b11-10+. The van der Waals surface area contributed by atoms with Crippen LogP contribution in [0.4, 0.5) is 5.69 Å². The van der Waals surface area contributed by atoms with Crippen LogP contribution in [0.25, 0.3) is 6.08 Å². The molecule has 3 unspecified atom stereocenters. The minimum absolute atomic E-state index is 0.0427. The fraction of sp³-hybridized carbons (Fsp3) is 0.318. The molecular formula is C22H24N2O2. The van der Waals surface area contributed by atoms with Crippen LogP contribution in [-0.2, 0) is 9.53 Å². The highest BCUT2D eigenvalue weighted by atomic mass is 16.5. The molecule has 2 fully saturated rings. The van der Waals surface area contributed by atoms with Gasteiger partial charge in [-0.15, -0.1) is 0 Å². The van der Waals surface area contributed by atoms with Crippen molar-refractivity contribution >= 4 is 17.7 Å². The molecule has 4 rings (SSSR count). The van der Waals surface area contributed by atoms with Gasteiger partial charge in [-0.2, -0.15) is 0 Å². The predicted molar refractivity (Wildman–Crippen MR) is 104 cm³/mol. The van der Waals surface area contributed by atoms with Gasteiger partial charge in [0.15, 0.2) is 0 Å². The number of hydrogen-bond acceptors (Lipinski definition) is 3. The Morgan fingerprint density at radius 2 is 2.08 bits per heavy atom. The van der Waals surface area contributed by atoms with E-state index in [0.29, 0.717) is 12.1 Å². The SMILES string of the molecule is CC(NC(=O)/C=C/c1ccccc1)c1cccc(N2CC3CC2CO3)c1. The first-order valence-corrected chi connectivity index (χ1v) is 9.21. The Bertz CT molecular complexity index is 803. The van der Waals surface area contributed by atoms with Gasteiger partial charge in [0.2, 0.25) is 5.91 Å². The second-order valence-corrected chi connectivity index (χ2v) is 7.07. The monoisotopic (exact) mass is 348 g/mol. The van der Waals surface area contributed by atoms with Crippen LogP contribution in [0.15, 0.2) is 60.7 Å². The van der Waals surface area contributed by atoms with Crippen LogP contribution in [0.1, 0.15) is 30.5 Å². The van der Waals surface area contributed by atoms with E-state index in [4.69, 9.17) is 4.74 Å². The lowest BCUT2D eigenvalue weighted by molar-refractivity contribution is -0.117. The Balaban J connectivity index is 1.40. The topological polar surface area (TPSA) is 41.6 Å². The van der Waals surface area contributed by atoms with E-state index in [1.807, 2.05) is 43.3 Å². The van der Waals surface area contributed by atoms with Crippen molar-refractivity contribution in [3.8, 4) is 0 Å². The van der Waals surface area contributed by atoms with Gasteiger partial charge in [0.25, 0.3) is 0 Å². The summed E-state index contributed by atoms with van der Waals surface area (Å²) in [6.45, 7) is 3.81.